The van der Waals surface area contributed by atoms with Crippen LogP contribution in [0.15, 0.2) is 55.1 Å². The molecule has 0 unspecified atom stereocenters. The zero-order chi connectivity index (χ0) is 26.3. The van der Waals surface area contributed by atoms with Crippen LogP contribution in [0.3, 0.4) is 0 Å². The minimum atomic E-state index is -4.48. The standard InChI is InChI=1S/C26H20F3N7O2/c1-37-25-19(20(15-8-9-15)32-13-33-25)23-35-22-17(3-2-10-30-22)24(36-23)38-12-14-4-6-16(7-5-14)21-31-11-18(34-21)26(27,28)29/h2-7,10-11,13,15H,8-9,12H2,1H3,(H,31,34). The molecule has 0 saturated heterocycles. The van der Waals surface area contributed by atoms with Gasteiger partial charge in [-0.05, 0) is 30.5 Å². The Morgan fingerprint density at radius 3 is 2.50 bits per heavy atom. The maximum atomic E-state index is 12.9. The van der Waals surface area contributed by atoms with Crippen molar-refractivity contribution in [3.05, 3.63) is 72.1 Å². The van der Waals surface area contributed by atoms with E-state index >= 15 is 0 Å². The van der Waals surface area contributed by atoms with Gasteiger partial charge in [-0.1, -0.05) is 24.3 Å². The van der Waals surface area contributed by atoms with Gasteiger partial charge in [-0.15, -0.1) is 0 Å². The van der Waals surface area contributed by atoms with E-state index in [9.17, 15) is 13.2 Å². The Bertz CT molecular complexity index is 1620. The minimum Gasteiger partial charge on any atom is -0.480 e. The van der Waals surface area contributed by atoms with Gasteiger partial charge < -0.3 is 14.5 Å². The number of ether oxygens (including phenoxy) is 2. The normalized spacial score (nSPS) is 13.6. The van der Waals surface area contributed by atoms with E-state index in [4.69, 9.17) is 14.5 Å². The number of alkyl halides is 3. The fourth-order valence-corrected chi connectivity index (χ4v) is 4.09. The highest BCUT2D eigenvalue weighted by molar-refractivity contribution is 5.83. The monoisotopic (exact) mass is 519 g/mol. The van der Waals surface area contributed by atoms with Gasteiger partial charge in [0.2, 0.25) is 11.8 Å². The first-order valence-corrected chi connectivity index (χ1v) is 11.8. The highest BCUT2D eigenvalue weighted by Crippen LogP contribution is 2.45. The average molecular weight is 519 g/mol. The summed E-state index contributed by atoms with van der Waals surface area (Å²) in [5, 5.41) is 0.631. The lowest BCUT2D eigenvalue weighted by molar-refractivity contribution is -0.140. The summed E-state index contributed by atoms with van der Waals surface area (Å²) in [6, 6.07) is 10.5. The van der Waals surface area contributed by atoms with Crippen molar-refractivity contribution < 1.29 is 22.6 Å². The van der Waals surface area contributed by atoms with Gasteiger partial charge in [-0.25, -0.2) is 24.9 Å². The van der Waals surface area contributed by atoms with E-state index in [0.717, 1.165) is 30.3 Å². The maximum Gasteiger partial charge on any atom is 0.432 e. The third-order valence-corrected chi connectivity index (χ3v) is 6.14. The number of hydrogen-bond acceptors (Lipinski definition) is 8. The molecule has 1 saturated carbocycles. The van der Waals surface area contributed by atoms with Crippen molar-refractivity contribution in [1.82, 2.24) is 34.9 Å². The molecule has 5 aromatic rings. The molecule has 1 aromatic carbocycles. The van der Waals surface area contributed by atoms with Gasteiger partial charge in [0, 0.05) is 17.7 Å². The lowest BCUT2D eigenvalue weighted by Gasteiger charge is -2.13. The van der Waals surface area contributed by atoms with Gasteiger partial charge in [0.05, 0.1) is 24.4 Å². The fourth-order valence-electron chi connectivity index (χ4n) is 4.09. The van der Waals surface area contributed by atoms with Crippen LogP contribution in [0.5, 0.6) is 11.8 Å². The Kier molecular flexibility index (Phi) is 5.86. The SMILES string of the molecule is COc1ncnc(C2CC2)c1-c1nc(OCc2ccc(-c3ncc(C(F)(F)F)[nH]3)cc2)c2cccnc2n1. The molecule has 1 aliphatic rings. The molecule has 0 aliphatic heterocycles. The molecule has 1 fully saturated rings. The maximum absolute atomic E-state index is 12.9. The number of aromatic nitrogens is 7. The molecule has 192 valence electrons. The molecule has 6 rings (SSSR count). The van der Waals surface area contributed by atoms with Crippen LogP contribution >= 0.6 is 0 Å². The first-order valence-electron chi connectivity index (χ1n) is 11.8. The lowest BCUT2D eigenvalue weighted by atomic mass is 10.1. The molecule has 9 nitrogen and oxygen atoms in total. The van der Waals surface area contributed by atoms with Crippen molar-refractivity contribution >= 4 is 11.0 Å². The summed E-state index contributed by atoms with van der Waals surface area (Å²) >= 11 is 0. The Morgan fingerprint density at radius 1 is 0.974 bits per heavy atom. The van der Waals surface area contributed by atoms with Crippen LogP contribution in [0, 0.1) is 0 Å². The molecular formula is C26H20F3N7O2. The van der Waals surface area contributed by atoms with E-state index in [1.165, 1.54) is 13.4 Å². The van der Waals surface area contributed by atoms with Gasteiger partial charge in [0.25, 0.3) is 0 Å². The zero-order valence-corrected chi connectivity index (χ0v) is 20.0. The van der Waals surface area contributed by atoms with E-state index in [0.29, 0.717) is 45.7 Å². The van der Waals surface area contributed by atoms with Gasteiger partial charge >= 0.3 is 6.18 Å². The molecule has 1 aliphatic carbocycles. The number of hydrogen-bond donors (Lipinski definition) is 1. The number of pyridine rings is 1. The summed E-state index contributed by atoms with van der Waals surface area (Å²) < 4.78 is 50.3. The molecule has 0 radical (unpaired) electrons. The van der Waals surface area contributed by atoms with Gasteiger partial charge in [0.1, 0.15) is 30.0 Å². The van der Waals surface area contributed by atoms with E-state index in [-0.39, 0.29) is 12.4 Å². The van der Waals surface area contributed by atoms with Gasteiger partial charge in [-0.3, -0.25) is 0 Å². The molecule has 0 bridgehead atoms. The number of nitrogens with one attached hydrogen (secondary N) is 1. The lowest BCUT2D eigenvalue weighted by Crippen LogP contribution is -2.05. The summed E-state index contributed by atoms with van der Waals surface area (Å²) in [5.74, 6) is 1.50. The number of benzene rings is 1. The number of halogens is 3. The zero-order valence-electron chi connectivity index (χ0n) is 20.0. The van der Waals surface area contributed by atoms with Crippen molar-refractivity contribution in [3.63, 3.8) is 0 Å². The highest BCUT2D eigenvalue weighted by Gasteiger charge is 2.33. The van der Waals surface area contributed by atoms with Crippen LogP contribution in [-0.4, -0.2) is 42.0 Å². The Morgan fingerprint density at radius 2 is 1.79 bits per heavy atom. The van der Waals surface area contributed by atoms with Crippen molar-refractivity contribution in [2.75, 3.05) is 7.11 Å². The van der Waals surface area contributed by atoms with Crippen LogP contribution in [0.25, 0.3) is 33.8 Å². The van der Waals surface area contributed by atoms with Crippen molar-refractivity contribution in [2.45, 2.75) is 31.5 Å². The first-order chi connectivity index (χ1) is 18.4. The average Bonchev–Trinajstić information content (AvgIpc) is 3.65. The molecule has 12 heteroatoms. The quantitative estimate of drug-likeness (QED) is 0.306. The van der Waals surface area contributed by atoms with E-state index < -0.39 is 11.9 Å². The smallest absolute Gasteiger partial charge is 0.432 e. The second kappa shape index (κ2) is 9.36. The highest BCUT2D eigenvalue weighted by atomic mass is 19.4. The van der Waals surface area contributed by atoms with Crippen LogP contribution < -0.4 is 9.47 Å². The summed E-state index contributed by atoms with van der Waals surface area (Å²) in [6.07, 6.45) is 1.45. The Hall–Kier alpha value is -4.61. The fraction of sp³-hybridized carbons (Fsp3) is 0.231. The van der Waals surface area contributed by atoms with Crippen molar-refractivity contribution in [2.24, 2.45) is 0 Å². The molecule has 1 N–H and O–H groups in total. The first kappa shape index (κ1) is 23.8. The summed E-state index contributed by atoms with van der Waals surface area (Å²) in [6.45, 7) is 0.157. The van der Waals surface area contributed by atoms with Crippen LogP contribution in [-0.2, 0) is 12.8 Å². The summed E-state index contributed by atoms with van der Waals surface area (Å²) in [4.78, 5) is 28.6. The number of aromatic amines is 1. The topological polar surface area (TPSA) is 112 Å². The Labute approximate surface area is 214 Å². The van der Waals surface area contributed by atoms with Crippen LogP contribution in [0.2, 0.25) is 0 Å². The number of methoxy groups -OCH3 is 1. The number of fused-ring (bicyclic) bond motifs is 1. The number of nitrogens with zero attached hydrogens (tertiary/aromatic N) is 6. The minimum absolute atomic E-state index is 0.132. The predicted molar refractivity (Wildman–Crippen MR) is 130 cm³/mol. The van der Waals surface area contributed by atoms with Crippen molar-refractivity contribution in [1.29, 1.82) is 0 Å². The molecular weight excluding hydrogens is 499 g/mol. The third-order valence-electron chi connectivity index (χ3n) is 6.14. The Balaban J connectivity index is 1.30. The number of rotatable bonds is 7. The third kappa shape index (κ3) is 4.60. The van der Waals surface area contributed by atoms with E-state index in [1.807, 2.05) is 6.07 Å². The van der Waals surface area contributed by atoms with Crippen LogP contribution in [0.1, 0.15) is 35.7 Å². The van der Waals surface area contributed by atoms with Crippen LogP contribution in [0.4, 0.5) is 13.2 Å². The second-order valence-electron chi connectivity index (χ2n) is 8.77. The molecule has 0 spiro atoms. The van der Waals surface area contributed by atoms with Gasteiger partial charge in [-0.2, -0.15) is 18.2 Å². The van der Waals surface area contributed by atoms with E-state index in [1.54, 1.807) is 36.5 Å². The molecule has 0 atom stereocenters. The number of imidazole rings is 1. The molecule has 0 amide bonds. The van der Waals surface area contributed by atoms with Gasteiger partial charge in [0.15, 0.2) is 11.5 Å². The molecule has 4 aromatic heterocycles. The number of H-pyrrole nitrogens is 1. The summed E-state index contributed by atoms with van der Waals surface area (Å²) in [5.41, 5.74) is 2.31. The van der Waals surface area contributed by atoms with Crippen molar-refractivity contribution in [3.8, 4) is 34.5 Å². The molecule has 38 heavy (non-hydrogen) atoms. The largest absolute Gasteiger partial charge is 0.480 e. The summed E-state index contributed by atoms with van der Waals surface area (Å²) in [7, 11) is 1.54. The second-order valence-corrected chi connectivity index (χ2v) is 8.77. The predicted octanol–water partition coefficient (Wildman–Crippen LogP) is 5.36. The molecule has 4 heterocycles. The van der Waals surface area contributed by atoms with E-state index in [2.05, 4.69) is 29.9 Å².